The summed E-state index contributed by atoms with van der Waals surface area (Å²) in [6, 6.07) is 6.23. The van der Waals surface area contributed by atoms with Crippen molar-refractivity contribution < 1.29 is 4.74 Å². The van der Waals surface area contributed by atoms with Crippen LogP contribution in [0.15, 0.2) is 22.7 Å². The molecule has 0 spiro atoms. The van der Waals surface area contributed by atoms with E-state index >= 15 is 0 Å². The van der Waals surface area contributed by atoms with E-state index in [1.54, 1.807) is 0 Å². The molecule has 0 bridgehead atoms. The van der Waals surface area contributed by atoms with E-state index in [1.165, 1.54) is 6.42 Å². The first kappa shape index (κ1) is 14.9. The molecule has 0 amide bonds. The zero-order valence-electron chi connectivity index (χ0n) is 12.1. The van der Waals surface area contributed by atoms with Crippen molar-refractivity contribution in [1.29, 1.82) is 0 Å². The normalized spacial score (nSPS) is 27.5. The first-order valence-electron chi connectivity index (χ1n) is 7.23. The van der Waals surface area contributed by atoms with E-state index < -0.39 is 0 Å². The second-order valence-corrected chi connectivity index (χ2v) is 6.76. The molecule has 0 aromatic heterocycles. The maximum Gasteiger partial charge on any atom is 0.124 e. The Bertz CT molecular complexity index is 448. The molecule has 0 aliphatic carbocycles. The van der Waals surface area contributed by atoms with Gasteiger partial charge < -0.3 is 10.5 Å². The zero-order valence-corrected chi connectivity index (χ0v) is 13.7. The number of benzene rings is 1. The molecule has 3 atom stereocenters. The molecule has 3 heteroatoms. The van der Waals surface area contributed by atoms with Gasteiger partial charge in [-0.05, 0) is 37.0 Å². The van der Waals surface area contributed by atoms with Gasteiger partial charge in [0.1, 0.15) is 11.4 Å². The smallest absolute Gasteiger partial charge is 0.124 e. The molecule has 0 fully saturated rings. The molecule has 2 rings (SSSR count). The van der Waals surface area contributed by atoms with E-state index in [1.807, 2.05) is 12.1 Å². The van der Waals surface area contributed by atoms with E-state index in [0.717, 1.165) is 35.0 Å². The van der Waals surface area contributed by atoms with Crippen molar-refractivity contribution in [2.75, 3.05) is 0 Å². The molecule has 0 saturated heterocycles. The molecule has 1 aromatic rings. The highest BCUT2D eigenvalue weighted by Gasteiger charge is 2.39. The van der Waals surface area contributed by atoms with Crippen LogP contribution in [0, 0.1) is 5.92 Å². The molecule has 19 heavy (non-hydrogen) atoms. The first-order chi connectivity index (χ1) is 8.99. The van der Waals surface area contributed by atoms with Gasteiger partial charge in [-0.15, -0.1) is 0 Å². The lowest BCUT2D eigenvalue weighted by Gasteiger charge is -2.42. The maximum atomic E-state index is 6.38. The summed E-state index contributed by atoms with van der Waals surface area (Å²) in [4.78, 5) is 0. The van der Waals surface area contributed by atoms with Gasteiger partial charge in [0.25, 0.3) is 0 Å². The van der Waals surface area contributed by atoms with Crippen molar-refractivity contribution in [3.8, 4) is 5.75 Å². The van der Waals surface area contributed by atoms with Crippen LogP contribution in [-0.4, -0.2) is 5.60 Å². The summed E-state index contributed by atoms with van der Waals surface area (Å²) >= 11 is 3.50. The molecule has 1 heterocycles. The van der Waals surface area contributed by atoms with E-state index in [0.29, 0.717) is 5.92 Å². The third-order valence-electron chi connectivity index (χ3n) is 4.35. The predicted molar refractivity (Wildman–Crippen MR) is 83.4 cm³/mol. The summed E-state index contributed by atoms with van der Waals surface area (Å²) < 4.78 is 7.43. The van der Waals surface area contributed by atoms with Gasteiger partial charge in [0.05, 0.1) is 0 Å². The lowest BCUT2D eigenvalue weighted by Crippen LogP contribution is -2.43. The molecule has 106 valence electrons. The fraction of sp³-hybridized carbons (Fsp3) is 0.625. The fourth-order valence-electron chi connectivity index (χ4n) is 2.95. The second kappa shape index (κ2) is 5.84. The van der Waals surface area contributed by atoms with Crippen LogP contribution >= 0.6 is 15.9 Å². The minimum absolute atomic E-state index is 0.0743. The number of fused-ring (bicyclic) bond motifs is 1. The average molecular weight is 326 g/mol. The van der Waals surface area contributed by atoms with Gasteiger partial charge in [0.15, 0.2) is 0 Å². The Morgan fingerprint density at radius 3 is 2.84 bits per heavy atom. The Morgan fingerprint density at radius 1 is 1.47 bits per heavy atom. The summed E-state index contributed by atoms with van der Waals surface area (Å²) in [5.41, 5.74) is 7.42. The minimum atomic E-state index is -0.0876. The first-order valence-corrected chi connectivity index (χ1v) is 8.03. The molecule has 2 N–H and O–H groups in total. The summed E-state index contributed by atoms with van der Waals surface area (Å²) in [6.45, 7) is 6.74. The number of nitrogens with two attached hydrogens (primary N) is 1. The van der Waals surface area contributed by atoms with Crippen LogP contribution in [0.2, 0.25) is 0 Å². The summed E-state index contributed by atoms with van der Waals surface area (Å²) in [6.07, 6.45) is 4.20. The maximum absolute atomic E-state index is 6.38. The number of halogens is 1. The molecule has 0 radical (unpaired) electrons. The predicted octanol–water partition coefficient (Wildman–Crippen LogP) is 4.82. The van der Waals surface area contributed by atoms with Crippen molar-refractivity contribution in [2.24, 2.45) is 11.7 Å². The monoisotopic (exact) mass is 325 g/mol. The molecule has 2 unspecified atom stereocenters. The SMILES string of the molecule is CCC(C)CC1(CC)C[C@H](N)c2cc(Br)ccc2O1. The van der Waals surface area contributed by atoms with Crippen molar-refractivity contribution in [1.82, 2.24) is 0 Å². The van der Waals surface area contributed by atoms with Gasteiger partial charge in [-0.3, -0.25) is 0 Å². The topological polar surface area (TPSA) is 35.2 Å². The standard InChI is InChI=1S/C16H24BrNO/c1-4-11(3)9-16(5-2)10-14(18)13-8-12(17)6-7-15(13)19-16/h6-8,11,14H,4-5,9-10,18H2,1-3H3/t11?,14-,16?/m0/s1. The van der Waals surface area contributed by atoms with Crippen LogP contribution in [0.3, 0.4) is 0 Å². The van der Waals surface area contributed by atoms with Crippen LogP contribution in [-0.2, 0) is 0 Å². The van der Waals surface area contributed by atoms with Crippen LogP contribution < -0.4 is 10.5 Å². The molecule has 0 saturated carbocycles. The van der Waals surface area contributed by atoms with Crippen molar-refractivity contribution >= 4 is 15.9 Å². The minimum Gasteiger partial charge on any atom is -0.487 e. The van der Waals surface area contributed by atoms with Crippen LogP contribution in [0.1, 0.15) is 58.1 Å². The van der Waals surface area contributed by atoms with E-state index in [2.05, 4.69) is 42.8 Å². The largest absolute Gasteiger partial charge is 0.487 e. The average Bonchev–Trinajstić information content (AvgIpc) is 2.39. The summed E-state index contributed by atoms with van der Waals surface area (Å²) in [5.74, 6) is 1.64. The van der Waals surface area contributed by atoms with Gasteiger partial charge in [-0.25, -0.2) is 0 Å². The van der Waals surface area contributed by atoms with Gasteiger partial charge in [0, 0.05) is 22.5 Å². The number of hydrogen-bond donors (Lipinski definition) is 1. The molecular formula is C16H24BrNO. The number of rotatable bonds is 4. The van der Waals surface area contributed by atoms with Crippen molar-refractivity contribution in [2.45, 2.75) is 58.1 Å². The van der Waals surface area contributed by atoms with Crippen LogP contribution in [0.25, 0.3) is 0 Å². The lowest BCUT2D eigenvalue weighted by atomic mass is 9.79. The molecule has 2 nitrogen and oxygen atoms in total. The number of hydrogen-bond acceptors (Lipinski definition) is 2. The van der Waals surface area contributed by atoms with Gasteiger partial charge in [-0.1, -0.05) is 43.1 Å². The van der Waals surface area contributed by atoms with E-state index in [9.17, 15) is 0 Å². The molecule has 1 aliphatic rings. The van der Waals surface area contributed by atoms with Crippen LogP contribution in [0.4, 0.5) is 0 Å². The zero-order chi connectivity index (χ0) is 14.0. The Balaban J connectivity index is 2.29. The lowest BCUT2D eigenvalue weighted by molar-refractivity contribution is 0.0104. The summed E-state index contributed by atoms with van der Waals surface area (Å²) in [5, 5.41) is 0. The molecule has 1 aliphatic heterocycles. The van der Waals surface area contributed by atoms with E-state index in [4.69, 9.17) is 10.5 Å². The molecule has 1 aromatic carbocycles. The third-order valence-corrected chi connectivity index (χ3v) is 4.84. The Kier molecular flexibility index (Phi) is 4.57. The Morgan fingerprint density at radius 2 is 2.21 bits per heavy atom. The Labute approximate surface area is 124 Å². The third kappa shape index (κ3) is 3.14. The summed E-state index contributed by atoms with van der Waals surface area (Å²) in [7, 11) is 0. The highest BCUT2D eigenvalue weighted by Crippen LogP contribution is 2.44. The van der Waals surface area contributed by atoms with Gasteiger partial charge >= 0.3 is 0 Å². The van der Waals surface area contributed by atoms with Crippen molar-refractivity contribution in [3.05, 3.63) is 28.2 Å². The quantitative estimate of drug-likeness (QED) is 0.861. The number of ether oxygens (including phenoxy) is 1. The Hall–Kier alpha value is -0.540. The van der Waals surface area contributed by atoms with Crippen molar-refractivity contribution in [3.63, 3.8) is 0 Å². The van der Waals surface area contributed by atoms with Gasteiger partial charge in [-0.2, -0.15) is 0 Å². The highest BCUT2D eigenvalue weighted by molar-refractivity contribution is 9.10. The van der Waals surface area contributed by atoms with Gasteiger partial charge in [0.2, 0.25) is 0 Å². The molecular weight excluding hydrogens is 302 g/mol. The van der Waals surface area contributed by atoms with E-state index in [-0.39, 0.29) is 11.6 Å². The second-order valence-electron chi connectivity index (χ2n) is 5.85. The fourth-order valence-corrected chi connectivity index (χ4v) is 3.33. The highest BCUT2D eigenvalue weighted by atomic mass is 79.9. The van der Waals surface area contributed by atoms with Crippen LogP contribution in [0.5, 0.6) is 5.75 Å².